The lowest BCUT2D eigenvalue weighted by Crippen LogP contribution is -2.52. The molecule has 30 heavy (non-hydrogen) atoms. The average molecular weight is 444 g/mol. The summed E-state index contributed by atoms with van der Waals surface area (Å²) in [6.45, 7) is 5.06. The van der Waals surface area contributed by atoms with E-state index in [0.29, 0.717) is 53.7 Å². The molecule has 1 fully saturated rings. The van der Waals surface area contributed by atoms with Gasteiger partial charge in [-0.3, -0.25) is 9.59 Å². The Morgan fingerprint density at radius 3 is 2.53 bits per heavy atom. The van der Waals surface area contributed by atoms with E-state index >= 15 is 0 Å². The Labute approximate surface area is 186 Å². The number of nitrogens with zero attached hydrogens (tertiary/aromatic N) is 1. The zero-order valence-corrected chi connectivity index (χ0v) is 18.5. The second-order valence-corrected chi connectivity index (χ2v) is 8.99. The van der Waals surface area contributed by atoms with Crippen LogP contribution < -0.4 is 4.74 Å². The molecule has 0 aromatic heterocycles. The molecule has 1 amide bonds. The molecular weight excluding hydrogens is 421 g/mol. The predicted octanol–water partition coefficient (Wildman–Crippen LogP) is 5.65. The third-order valence-corrected chi connectivity index (χ3v) is 6.62. The van der Waals surface area contributed by atoms with E-state index in [2.05, 4.69) is 0 Å². The Kier molecular flexibility index (Phi) is 5.65. The van der Waals surface area contributed by atoms with Crippen molar-refractivity contribution >= 4 is 41.0 Å². The lowest BCUT2D eigenvalue weighted by molar-refractivity contribution is -0.129. The van der Waals surface area contributed by atoms with Gasteiger partial charge in [0.25, 0.3) is 0 Å². The van der Waals surface area contributed by atoms with Gasteiger partial charge in [-0.1, -0.05) is 35.3 Å². The third-order valence-electron chi connectivity index (χ3n) is 5.88. The van der Waals surface area contributed by atoms with Crippen molar-refractivity contribution in [2.24, 2.45) is 0 Å². The second-order valence-electron chi connectivity index (χ2n) is 8.17. The molecule has 4 rings (SSSR count). The molecule has 0 saturated carbocycles. The molecule has 0 radical (unpaired) electrons. The SMILES string of the molecule is Cc1cc(C)c2c(c1)OC1(CCN(C(=O)/C=C/c3ccc(Cl)c(Cl)c3)CC1)CC2=O. The minimum absolute atomic E-state index is 0.0647. The fourth-order valence-electron chi connectivity index (χ4n) is 4.32. The molecule has 0 atom stereocenters. The number of benzene rings is 2. The largest absolute Gasteiger partial charge is 0.486 e. The van der Waals surface area contributed by atoms with E-state index < -0.39 is 5.60 Å². The number of aryl methyl sites for hydroxylation is 2. The molecule has 4 nitrogen and oxygen atoms in total. The molecule has 6 heteroatoms. The van der Waals surface area contributed by atoms with Crippen LogP contribution in [-0.4, -0.2) is 35.3 Å². The lowest BCUT2D eigenvalue weighted by Gasteiger charge is -2.44. The van der Waals surface area contributed by atoms with Gasteiger partial charge in [0.05, 0.1) is 22.0 Å². The highest BCUT2D eigenvalue weighted by molar-refractivity contribution is 6.42. The number of carbonyl (C=O) groups excluding carboxylic acids is 2. The van der Waals surface area contributed by atoms with Crippen LogP contribution in [0.1, 0.15) is 46.3 Å². The van der Waals surface area contributed by atoms with Crippen LogP contribution in [0.2, 0.25) is 10.0 Å². The minimum Gasteiger partial charge on any atom is -0.486 e. The standard InChI is InChI=1S/C24H23Cl2NO3/c1-15-11-16(2)23-20(28)14-24(30-21(23)12-15)7-9-27(10-8-24)22(29)6-4-17-3-5-18(25)19(26)13-17/h3-6,11-13H,7-10,14H2,1-2H3/b6-4+. The van der Waals surface area contributed by atoms with Gasteiger partial charge in [-0.25, -0.2) is 0 Å². The van der Waals surface area contributed by atoms with Crippen LogP contribution in [-0.2, 0) is 4.79 Å². The van der Waals surface area contributed by atoms with E-state index in [1.807, 2.05) is 32.0 Å². The van der Waals surface area contributed by atoms with Gasteiger partial charge in [-0.05, 0) is 54.8 Å². The van der Waals surface area contributed by atoms with Crippen molar-refractivity contribution in [1.82, 2.24) is 4.90 Å². The molecular formula is C24H23Cl2NO3. The van der Waals surface area contributed by atoms with Gasteiger partial charge < -0.3 is 9.64 Å². The summed E-state index contributed by atoms with van der Waals surface area (Å²) in [6.07, 6.45) is 4.92. The Bertz CT molecular complexity index is 1050. The number of hydrogen-bond donors (Lipinski definition) is 0. The van der Waals surface area contributed by atoms with E-state index in [9.17, 15) is 9.59 Å². The molecule has 2 aliphatic rings. The van der Waals surface area contributed by atoms with Gasteiger partial charge in [0.1, 0.15) is 11.4 Å². The fourth-order valence-corrected chi connectivity index (χ4v) is 4.63. The summed E-state index contributed by atoms with van der Waals surface area (Å²) in [6, 6.07) is 9.20. The summed E-state index contributed by atoms with van der Waals surface area (Å²) in [5.41, 5.74) is 3.04. The van der Waals surface area contributed by atoms with Crippen molar-refractivity contribution < 1.29 is 14.3 Å². The van der Waals surface area contributed by atoms with Crippen molar-refractivity contribution in [1.29, 1.82) is 0 Å². The van der Waals surface area contributed by atoms with Crippen LogP contribution in [0.4, 0.5) is 0 Å². The monoisotopic (exact) mass is 443 g/mol. The zero-order chi connectivity index (χ0) is 21.5. The Morgan fingerprint density at radius 1 is 1.10 bits per heavy atom. The zero-order valence-electron chi connectivity index (χ0n) is 17.0. The average Bonchev–Trinajstić information content (AvgIpc) is 2.68. The number of Topliss-reactive ketones (excluding diaryl/α,β-unsaturated/α-hetero) is 1. The number of piperidine rings is 1. The molecule has 2 aromatic carbocycles. The molecule has 2 aromatic rings. The van der Waals surface area contributed by atoms with Crippen molar-refractivity contribution in [3.63, 3.8) is 0 Å². The van der Waals surface area contributed by atoms with E-state index in [1.54, 1.807) is 29.2 Å². The van der Waals surface area contributed by atoms with Crippen LogP contribution in [0.5, 0.6) is 5.75 Å². The van der Waals surface area contributed by atoms with Crippen LogP contribution in [0.3, 0.4) is 0 Å². The number of ketones is 1. The maximum atomic E-state index is 12.8. The Balaban J connectivity index is 1.43. The first kappa shape index (κ1) is 21.0. The number of rotatable bonds is 2. The van der Waals surface area contributed by atoms with Crippen molar-refractivity contribution in [2.75, 3.05) is 13.1 Å². The van der Waals surface area contributed by atoms with E-state index in [0.717, 1.165) is 16.7 Å². The van der Waals surface area contributed by atoms with Gasteiger partial charge >= 0.3 is 0 Å². The number of hydrogen-bond acceptors (Lipinski definition) is 3. The number of ether oxygens (including phenoxy) is 1. The van der Waals surface area contributed by atoms with Crippen molar-refractivity contribution in [3.05, 3.63) is 68.7 Å². The van der Waals surface area contributed by atoms with Gasteiger partial charge in [-0.15, -0.1) is 0 Å². The summed E-state index contributed by atoms with van der Waals surface area (Å²) in [5.74, 6) is 0.751. The van der Waals surface area contributed by atoms with Gasteiger partial charge in [0.15, 0.2) is 5.78 Å². The van der Waals surface area contributed by atoms with E-state index in [-0.39, 0.29) is 11.7 Å². The second kappa shape index (κ2) is 8.09. The van der Waals surface area contributed by atoms with Crippen LogP contribution in [0, 0.1) is 13.8 Å². The first-order valence-corrected chi connectivity index (χ1v) is 10.8. The van der Waals surface area contributed by atoms with E-state index in [1.165, 1.54) is 0 Å². The molecule has 2 aliphatic heterocycles. The molecule has 0 N–H and O–H groups in total. The summed E-state index contributed by atoms with van der Waals surface area (Å²) >= 11 is 12.0. The smallest absolute Gasteiger partial charge is 0.246 e. The molecule has 0 unspecified atom stereocenters. The maximum absolute atomic E-state index is 12.8. The topological polar surface area (TPSA) is 46.6 Å². The first-order valence-electron chi connectivity index (χ1n) is 10.0. The normalized spacial score (nSPS) is 17.9. The molecule has 0 bridgehead atoms. The van der Waals surface area contributed by atoms with Crippen molar-refractivity contribution in [3.8, 4) is 5.75 Å². The quantitative estimate of drug-likeness (QED) is 0.563. The van der Waals surface area contributed by atoms with Crippen LogP contribution in [0.15, 0.2) is 36.4 Å². The van der Waals surface area contributed by atoms with Gasteiger partial charge in [-0.2, -0.15) is 0 Å². The van der Waals surface area contributed by atoms with Crippen LogP contribution in [0.25, 0.3) is 6.08 Å². The molecule has 1 spiro atoms. The highest BCUT2D eigenvalue weighted by Crippen LogP contribution is 2.41. The molecule has 2 heterocycles. The minimum atomic E-state index is -0.519. The number of fused-ring (bicyclic) bond motifs is 1. The number of amides is 1. The highest BCUT2D eigenvalue weighted by atomic mass is 35.5. The van der Waals surface area contributed by atoms with Gasteiger partial charge in [0.2, 0.25) is 5.91 Å². The van der Waals surface area contributed by atoms with Gasteiger partial charge in [0, 0.05) is 32.0 Å². The highest BCUT2D eigenvalue weighted by Gasteiger charge is 2.43. The number of carbonyl (C=O) groups is 2. The lowest BCUT2D eigenvalue weighted by atomic mass is 9.81. The maximum Gasteiger partial charge on any atom is 0.246 e. The molecule has 1 saturated heterocycles. The molecule has 156 valence electrons. The number of halogens is 2. The predicted molar refractivity (Wildman–Crippen MR) is 120 cm³/mol. The summed E-state index contributed by atoms with van der Waals surface area (Å²) < 4.78 is 6.37. The van der Waals surface area contributed by atoms with Crippen molar-refractivity contribution in [2.45, 2.75) is 38.7 Å². The third kappa shape index (κ3) is 4.12. The number of likely N-dealkylation sites (tertiary alicyclic amines) is 1. The fraction of sp³-hybridized carbons (Fsp3) is 0.333. The first-order chi connectivity index (χ1) is 14.3. The summed E-state index contributed by atoms with van der Waals surface area (Å²) in [4.78, 5) is 27.2. The van der Waals surface area contributed by atoms with Crippen LogP contribution >= 0.6 is 23.2 Å². The Morgan fingerprint density at radius 2 is 1.83 bits per heavy atom. The summed E-state index contributed by atoms with van der Waals surface area (Å²) in [5, 5.41) is 0.937. The van der Waals surface area contributed by atoms with E-state index in [4.69, 9.17) is 27.9 Å². The Hall–Kier alpha value is -2.30. The molecule has 0 aliphatic carbocycles. The summed E-state index contributed by atoms with van der Waals surface area (Å²) in [7, 11) is 0.